The van der Waals surface area contributed by atoms with Gasteiger partial charge in [-0.2, -0.15) is 0 Å². The Hall–Kier alpha value is -1.36. The molecule has 1 aliphatic rings. The summed E-state index contributed by atoms with van der Waals surface area (Å²) < 4.78 is 5.42. The first-order valence-electron chi connectivity index (χ1n) is 7.57. The van der Waals surface area contributed by atoms with Gasteiger partial charge in [-0.05, 0) is 25.7 Å². The van der Waals surface area contributed by atoms with E-state index >= 15 is 0 Å². The summed E-state index contributed by atoms with van der Waals surface area (Å²) in [6.07, 6.45) is 5.44. The number of anilines is 2. The van der Waals surface area contributed by atoms with Crippen molar-refractivity contribution < 1.29 is 4.74 Å². The first kappa shape index (κ1) is 15.0. The number of hydrogen-bond acceptors (Lipinski definition) is 5. The molecule has 0 amide bonds. The van der Waals surface area contributed by atoms with E-state index in [9.17, 15) is 0 Å². The lowest BCUT2D eigenvalue weighted by atomic mass is 10.1. The van der Waals surface area contributed by atoms with E-state index in [1.807, 2.05) is 20.0 Å². The van der Waals surface area contributed by atoms with Crippen molar-refractivity contribution in [3.8, 4) is 0 Å². The molecule has 0 atom stereocenters. The van der Waals surface area contributed by atoms with Gasteiger partial charge in [0, 0.05) is 33.3 Å². The van der Waals surface area contributed by atoms with E-state index in [0.717, 1.165) is 29.9 Å². The van der Waals surface area contributed by atoms with Gasteiger partial charge in [-0.1, -0.05) is 12.8 Å². The average Bonchev–Trinajstić information content (AvgIpc) is 2.97. The van der Waals surface area contributed by atoms with E-state index in [1.54, 1.807) is 0 Å². The maximum absolute atomic E-state index is 5.42. The molecular weight excluding hydrogens is 252 g/mol. The summed E-state index contributed by atoms with van der Waals surface area (Å²) >= 11 is 0. The molecule has 1 heterocycles. The number of aromatic nitrogens is 2. The minimum Gasteiger partial charge on any atom is -0.374 e. The summed E-state index contributed by atoms with van der Waals surface area (Å²) in [6, 6.07) is 2.00. The Morgan fingerprint density at radius 1 is 1.35 bits per heavy atom. The number of nitrogens with zero attached hydrogens (tertiary/aromatic N) is 3. The van der Waals surface area contributed by atoms with Crippen LogP contribution in [-0.2, 0) is 11.3 Å². The van der Waals surface area contributed by atoms with Crippen molar-refractivity contribution in [3.05, 3.63) is 11.9 Å². The second-order valence-corrected chi connectivity index (χ2v) is 5.45. The Morgan fingerprint density at radius 3 is 2.75 bits per heavy atom. The second kappa shape index (κ2) is 7.43. The zero-order valence-corrected chi connectivity index (χ0v) is 12.9. The molecule has 1 aromatic rings. The van der Waals surface area contributed by atoms with Crippen molar-refractivity contribution in [1.29, 1.82) is 0 Å². The van der Waals surface area contributed by atoms with E-state index in [-0.39, 0.29) is 0 Å². The largest absolute Gasteiger partial charge is 0.374 e. The second-order valence-electron chi connectivity index (χ2n) is 5.45. The molecule has 1 aliphatic carbocycles. The van der Waals surface area contributed by atoms with E-state index in [1.165, 1.54) is 25.7 Å². The Labute approximate surface area is 121 Å². The zero-order valence-electron chi connectivity index (χ0n) is 12.9. The predicted molar refractivity (Wildman–Crippen MR) is 82.1 cm³/mol. The average molecular weight is 278 g/mol. The lowest BCUT2D eigenvalue weighted by Crippen LogP contribution is -2.25. The summed E-state index contributed by atoms with van der Waals surface area (Å²) in [5.74, 6) is 3.38. The summed E-state index contributed by atoms with van der Waals surface area (Å²) in [5, 5.41) is 3.10. The van der Waals surface area contributed by atoms with Crippen molar-refractivity contribution in [3.63, 3.8) is 0 Å². The fourth-order valence-electron chi connectivity index (χ4n) is 2.74. The standard InChI is InChI=1S/C15H26N4O/c1-4-20-11-14-17-13(16-2)9-15(18-14)19(3)10-12-7-5-6-8-12/h9,12H,4-8,10-11H2,1-3H3,(H,16,17,18). The molecule has 20 heavy (non-hydrogen) atoms. The van der Waals surface area contributed by atoms with Crippen LogP contribution in [0.1, 0.15) is 38.4 Å². The molecule has 2 rings (SSSR count). The molecule has 0 unspecified atom stereocenters. The summed E-state index contributed by atoms with van der Waals surface area (Å²) in [5.41, 5.74) is 0. The molecule has 1 aromatic heterocycles. The number of hydrogen-bond donors (Lipinski definition) is 1. The number of rotatable bonds is 7. The van der Waals surface area contributed by atoms with Crippen molar-refractivity contribution in [2.24, 2.45) is 5.92 Å². The molecule has 0 radical (unpaired) electrons. The molecule has 0 saturated heterocycles. The van der Waals surface area contributed by atoms with Gasteiger partial charge in [-0.15, -0.1) is 0 Å². The first-order chi connectivity index (χ1) is 9.72. The van der Waals surface area contributed by atoms with Gasteiger partial charge in [0.15, 0.2) is 5.82 Å². The third kappa shape index (κ3) is 4.07. The molecule has 0 bridgehead atoms. The van der Waals surface area contributed by atoms with Gasteiger partial charge in [0.25, 0.3) is 0 Å². The van der Waals surface area contributed by atoms with E-state index in [2.05, 4.69) is 27.2 Å². The fourth-order valence-corrected chi connectivity index (χ4v) is 2.74. The molecule has 112 valence electrons. The first-order valence-corrected chi connectivity index (χ1v) is 7.57. The van der Waals surface area contributed by atoms with Gasteiger partial charge >= 0.3 is 0 Å². The van der Waals surface area contributed by atoms with Gasteiger partial charge in [-0.25, -0.2) is 9.97 Å². The summed E-state index contributed by atoms with van der Waals surface area (Å²) in [7, 11) is 4.00. The molecule has 0 aromatic carbocycles. The highest BCUT2D eigenvalue weighted by molar-refractivity contribution is 5.48. The highest BCUT2D eigenvalue weighted by Crippen LogP contribution is 2.26. The van der Waals surface area contributed by atoms with Crippen molar-refractivity contribution in [2.45, 2.75) is 39.2 Å². The lowest BCUT2D eigenvalue weighted by molar-refractivity contribution is 0.128. The quantitative estimate of drug-likeness (QED) is 0.831. The highest BCUT2D eigenvalue weighted by Gasteiger charge is 2.18. The molecular formula is C15H26N4O. The van der Waals surface area contributed by atoms with Crippen molar-refractivity contribution in [1.82, 2.24) is 9.97 Å². The Morgan fingerprint density at radius 2 is 2.10 bits per heavy atom. The summed E-state index contributed by atoms with van der Waals surface area (Å²) in [6.45, 7) is 4.21. The van der Waals surface area contributed by atoms with E-state index < -0.39 is 0 Å². The molecule has 5 nitrogen and oxygen atoms in total. The van der Waals surface area contributed by atoms with Crippen LogP contribution in [0.3, 0.4) is 0 Å². The van der Waals surface area contributed by atoms with Gasteiger partial charge in [0.05, 0.1) is 0 Å². The maximum atomic E-state index is 5.42. The number of ether oxygens (including phenoxy) is 1. The third-order valence-electron chi connectivity index (χ3n) is 3.85. The van der Waals surface area contributed by atoms with Gasteiger partial charge < -0.3 is 15.0 Å². The van der Waals surface area contributed by atoms with Gasteiger partial charge in [0.1, 0.15) is 18.2 Å². The van der Waals surface area contributed by atoms with Crippen LogP contribution >= 0.6 is 0 Å². The molecule has 1 N–H and O–H groups in total. The monoisotopic (exact) mass is 278 g/mol. The zero-order chi connectivity index (χ0) is 14.4. The van der Waals surface area contributed by atoms with Gasteiger partial charge in [-0.3, -0.25) is 0 Å². The topological polar surface area (TPSA) is 50.3 Å². The molecule has 5 heteroatoms. The molecule has 1 fully saturated rings. The fraction of sp³-hybridized carbons (Fsp3) is 0.733. The van der Waals surface area contributed by atoms with Crippen LogP contribution in [-0.4, -0.2) is 37.2 Å². The smallest absolute Gasteiger partial charge is 0.158 e. The van der Waals surface area contributed by atoms with Crippen LogP contribution < -0.4 is 10.2 Å². The van der Waals surface area contributed by atoms with Gasteiger partial charge in [0.2, 0.25) is 0 Å². The summed E-state index contributed by atoms with van der Waals surface area (Å²) in [4.78, 5) is 11.3. The normalized spacial score (nSPS) is 15.6. The van der Waals surface area contributed by atoms with Crippen LogP contribution in [0.2, 0.25) is 0 Å². The highest BCUT2D eigenvalue weighted by atomic mass is 16.5. The van der Waals surface area contributed by atoms with Crippen LogP contribution in [0.5, 0.6) is 0 Å². The van der Waals surface area contributed by atoms with E-state index in [4.69, 9.17) is 4.74 Å². The predicted octanol–water partition coefficient (Wildman–Crippen LogP) is 2.68. The SMILES string of the molecule is CCOCc1nc(NC)cc(N(C)CC2CCCC2)n1. The van der Waals surface area contributed by atoms with Crippen molar-refractivity contribution >= 4 is 11.6 Å². The lowest BCUT2D eigenvalue weighted by Gasteiger charge is -2.23. The van der Waals surface area contributed by atoms with Crippen LogP contribution in [0, 0.1) is 5.92 Å². The Bertz CT molecular complexity index is 418. The van der Waals surface area contributed by atoms with E-state index in [0.29, 0.717) is 13.2 Å². The minimum absolute atomic E-state index is 0.469. The molecule has 0 spiro atoms. The van der Waals surface area contributed by atoms with Crippen LogP contribution in [0.15, 0.2) is 6.07 Å². The Balaban J connectivity index is 2.07. The Kier molecular flexibility index (Phi) is 5.59. The van der Waals surface area contributed by atoms with Crippen LogP contribution in [0.4, 0.5) is 11.6 Å². The number of nitrogens with one attached hydrogen (secondary N) is 1. The third-order valence-corrected chi connectivity index (χ3v) is 3.85. The van der Waals surface area contributed by atoms with Crippen LogP contribution in [0.25, 0.3) is 0 Å². The minimum atomic E-state index is 0.469. The molecule has 1 saturated carbocycles. The maximum Gasteiger partial charge on any atom is 0.158 e. The molecule has 0 aliphatic heterocycles. The van der Waals surface area contributed by atoms with Crippen molar-refractivity contribution in [2.75, 3.05) is 37.5 Å².